The van der Waals surface area contributed by atoms with Gasteiger partial charge in [0.25, 0.3) is 0 Å². The van der Waals surface area contributed by atoms with Gasteiger partial charge in [-0.3, -0.25) is 9.69 Å². The fourth-order valence-electron chi connectivity index (χ4n) is 11.0. The number of phenolic OH excluding ortho intramolecular Hbond substituents is 1. The summed E-state index contributed by atoms with van der Waals surface area (Å²) in [5.74, 6) is 3.43. The highest BCUT2D eigenvalue weighted by Crippen LogP contribution is 2.66. The highest BCUT2D eigenvalue weighted by molar-refractivity contribution is 5.77. The van der Waals surface area contributed by atoms with Crippen LogP contribution in [0.25, 0.3) is 0 Å². The maximum absolute atomic E-state index is 14.5. The molecule has 1 N–H and O–H groups in total. The molecule has 3 aromatic rings. The molecule has 1 spiro atoms. The summed E-state index contributed by atoms with van der Waals surface area (Å²) < 4.78 is 13.1. The maximum atomic E-state index is 14.5. The molecule has 2 saturated carbocycles. The number of ether oxygens (including phenoxy) is 2. The Balaban J connectivity index is 0.942. The summed E-state index contributed by atoms with van der Waals surface area (Å²) >= 11 is 0. The number of unbranched alkanes of at least 4 members (excludes halogenated alkanes) is 7. The Bertz CT molecular complexity index is 1670. The van der Waals surface area contributed by atoms with Gasteiger partial charge in [0.1, 0.15) is 11.9 Å². The lowest BCUT2D eigenvalue weighted by molar-refractivity contribution is -0.143. The van der Waals surface area contributed by atoms with E-state index in [0.29, 0.717) is 35.8 Å². The van der Waals surface area contributed by atoms with E-state index in [9.17, 15) is 9.90 Å². The highest BCUT2D eigenvalue weighted by atomic mass is 16.5. The number of amides is 1. The number of likely N-dealkylation sites (tertiary alicyclic amines) is 1. The number of phenols is 1. The van der Waals surface area contributed by atoms with Gasteiger partial charge in [0.2, 0.25) is 5.91 Å². The van der Waals surface area contributed by atoms with E-state index >= 15 is 0 Å². The topological polar surface area (TPSA) is 62.2 Å². The van der Waals surface area contributed by atoms with Crippen molar-refractivity contribution in [2.75, 3.05) is 26.7 Å². The number of aryl methyl sites for hydroxylation is 2. The minimum atomic E-state index is -0.193. The Morgan fingerprint density at radius 3 is 2.21 bits per heavy atom. The lowest BCUT2D eigenvalue weighted by Crippen LogP contribution is -2.69. The summed E-state index contributed by atoms with van der Waals surface area (Å²) in [6.45, 7) is 3.00. The number of aromatic hydroxyl groups is 1. The van der Waals surface area contributed by atoms with Crippen LogP contribution >= 0.6 is 0 Å². The first-order valence-corrected chi connectivity index (χ1v) is 21.3. The molecule has 5 aliphatic rings. The van der Waals surface area contributed by atoms with Gasteiger partial charge < -0.3 is 19.5 Å². The number of hydrogen-bond donors (Lipinski definition) is 1. The Labute approximate surface area is 318 Å². The summed E-state index contributed by atoms with van der Waals surface area (Å²) in [5.41, 5.74) is 4.87. The Hall–Kier alpha value is -3.51. The average molecular weight is 719 g/mol. The van der Waals surface area contributed by atoms with E-state index in [2.05, 4.69) is 70.5 Å². The van der Waals surface area contributed by atoms with Gasteiger partial charge in [-0.25, -0.2) is 0 Å². The molecule has 3 aliphatic carbocycles. The fourth-order valence-corrected chi connectivity index (χ4v) is 11.0. The minimum Gasteiger partial charge on any atom is -0.508 e. The molecular formula is C47H62N2O4. The molecule has 53 heavy (non-hydrogen) atoms. The van der Waals surface area contributed by atoms with E-state index in [1.165, 1.54) is 81.0 Å². The largest absolute Gasteiger partial charge is 0.508 e. The van der Waals surface area contributed by atoms with Crippen LogP contribution in [0.4, 0.5) is 0 Å². The van der Waals surface area contributed by atoms with Crippen molar-refractivity contribution in [2.24, 2.45) is 11.8 Å². The van der Waals surface area contributed by atoms with E-state index in [-0.39, 0.29) is 17.6 Å². The van der Waals surface area contributed by atoms with Gasteiger partial charge >= 0.3 is 0 Å². The van der Waals surface area contributed by atoms with Crippen LogP contribution in [0.3, 0.4) is 0 Å². The van der Waals surface area contributed by atoms with Crippen molar-refractivity contribution in [3.8, 4) is 17.2 Å². The predicted octanol–water partition coefficient (Wildman–Crippen LogP) is 9.43. The SMILES string of the molecule is COc1cc(O)c2c3c1O[C@H]1[C@H](N(CCCc4ccccc4)C(=O)CCCCCCCCCCc4ccccc4)CC[C@H]4[C@@H](C2)N(CC2CC2)CC[C@@]341. The van der Waals surface area contributed by atoms with Crippen LogP contribution in [0.2, 0.25) is 0 Å². The zero-order valence-electron chi connectivity index (χ0n) is 32.2. The second-order valence-electron chi connectivity index (χ2n) is 17.1. The molecule has 2 bridgehead atoms. The monoisotopic (exact) mass is 718 g/mol. The predicted molar refractivity (Wildman–Crippen MR) is 212 cm³/mol. The Kier molecular flexibility index (Phi) is 11.3. The van der Waals surface area contributed by atoms with E-state index in [4.69, 9.17) is 9.47 Å². The fraction of sp³-hybridized carbons (Fsp3) is 0.596. The molecule has 0 radical (unpaired) electrons. The lowest BCUT2D eigenvalue weighted by Gasteiger charge is -2.60. The van der Waals surface area contributed by atoms with E-state index in [0.717, 1.165) is 81.7 Å². The van der Waals surface area contributed by atoms with Gasteiger partial charge in [-0.05, 0) is 100 Å². The molecule has 5 atom stereocenters. The first kappa shape index (κ1) is 36.5. The lowest BCUT2D eigenvalue weighted by atomic mass is 9.50. The van der Waals surface area contributed by atoms with Crippen molar-refractivity contribution < 1.29 is 19.4 Å². The van der Waals surface area contributed by atoms with Crippen LogP contribution in [-0.2, 0) is 29.5 Å². The van der Waals surface area contributed by atoms with Gasteiger partial charge in [-0.15, -0.1) is 0 Å². The second-order valence-corrected chi connectivity index (χ2v) is 17.1. The van der Waals surface area contributed by atoms with E-state index in [1.807, 2.05) is 0 Å². The van der Waals surface area contributed by atoms with Gasteiger partial charge in [0, 0.05) is 48.2 Å². The summed E-state index contributed by atoms with van der Waals surface area (Å²) in [6, 6.07) is 23.8. The van der Waals surface area contributed by atoms with Crippen LogP contribution < -0.4 is 9.47 Å². The Morgan fingerprint density at radius 2 is 1.53 bits per heavy atom. The second kappa shape index (κ2) is 16.5. The van der Waals surface area contributed by atoms with Crippen molar-refractivity contribution in [3.63, 3.8) is 0 Å². The normalized spacial score (nSPS) is 25.5. The van der Waals surface area contributed by atoms with Gasteiger partial charge in [0.15, 0.2) is 11.5 Å². The molecular weight excluding hydrogens is 657 g/mol. The van der Waals surface area contributed by atoms with Crippen molar-refractivity contribution in [3.05, 3.63) is 89.0 Å². The number of carbonyl (C=O) groups excluding carboxylic acids is 1. The molecule has 1 amide bonds. The highest BCUT2D eigenvalue weighted by Gasteiger charge is 2.67. The van der Waals surface area contributed by atoms with E-state index in [1.54, 1.807) is 13.2 Å². The molecule has 0 unspecified atom stereocenters. The zero-order valence-corrected chi connectivity index (χ0v) is 32.2. The van der Waals surface area contributed by atoms with Crippen LogP contribution in [-0.4, -0.2) is 65.7 Å². The zero-order chi connectivity index (χ0) is 36.2. The summed E-state index contributed by atoms with van der Waals surface area (Å²) in [5, 5.41) is 11.5. The number of nitrogens with zero attached hydrogens (tertiary/aromatic N) is 2. The number of rotatable bonds is 19. The Morgan fingerprint density at radius 1 is 0.868 bits per heavy atom. The number of carbonyl (C=O) groups is 1. The molecule has 6 heteroatoms. The van der Waals surface area contributed by atoms with E-state index < -0.39 is 0 Å². The van der Waals surface area contributed by atoms with Crippen LogP contribution in [0.15, 0.2) is 66.7 Å². The van der Waals surface area contributed by atoms with Crippen molar-refractivity contribution in [2.45, 2.75) is 139 Å². The number of benzene rings is 3. The number of hydrogen-bond acceptors (Lipinski definition) is 5. The van der Waals surface area contributed by atoms with Crippen LogP contribution in [0.5, 0.6) is 17.2 Å². The smallest absolute Gasteiger partial charge is 0.222 e. The molecule has 3 fully saturated rings. The number of piperidine rings is 1. The van der Waals surface area contributed by atoms with Crippen LogP contribution in [0, 0.1) is 11.8 Å². The standard InChI is InChI=1S/C47H62N2O4/c1-52-42-32-41(50)37-31-40-38-26-27-39(46-47(38,44(37)45(42)53-46)28-30-48(40)33-36-24-25-36)49(29-16-22-35-20-13-9-14-21-35)43(51)23-15-7-5-3-2-4-6-10-17-34-18-11-8-12-19-34/h8-9,11-14,18-21,32,36,38-40,46,50H,2-7,10,15-17,22-31,33H2,1H3/t38-,39+,40+,46-,47-/m0/s1. The molecule has 2 heterocycles. The molecule has 2 aliphatic heterocycles. The minimum absolute atomic E-state index is 0.0197. The first-order valence-electron chi connectivity index (χ1n) is 21.3. The van der Waals surface area contributed by atoms with Crippen molar-refractivity contribution in [1.29, 1.82) is 0 Å². The first-order chi connectivity index (χ1) is 26.1. The van der Waals surface area contributed by atoms with Gasteiger partial charge in [0.05, 0.1) is 13.2 Å². The summed E-state index contributed by atoms with van der Waals surface area (Å²) in [6.07, 6.45) is 20.0. The molecule has 8 rings (SSSR count). The molecule has 6 nitrogen and oxygen atoms in total. The van der Waals surface area contributed by atoms with Crippen LogP contribution in [0.1, 0.15) is 119 Å². The van der Waals surface area contributed by atoms with Gasteiger partial charge in [-0.1, -0.05) is 99.2 Å². The van der Waals surface area contributed by atoms with Crippen molar-refractivity contribution >= 4 is 5.91 Å². The third-order valence-corrected chi connectivity index (χ3v) is 13.8. The van der Waals surface area contributed by atoms with Gasteiger partial charge in [-0.2, -0.15) is 0 Å². The maximum Gasteiger partial charge on any atom is 0.222 e. The summed E-state index contributed by atoms with van der Waals surface area (Å²) in [7, 11) is 1.69. The molecule has 3 aromatic carbocycles. The third kappa shape index (κ3) is 7.59. The third-order valence-electron chi connectivity index (χ3n) is 13.8. The van der Waals surface area contributed by atoms with Crippen molar-refractivity contribution in [1.82, 2.24) is 9.80 Å². The number of methoxy groups -OCH3 is 1. The molecule has 284 valence electrons. The molecule has 1 saturated heterocycles. The average Bonchev–Trinajstić information content (AvgIpc) is 3.94. The molecule has 0 aromatic heterocycles. The summed E-state index contributed by atoms with van der Waals surface area (Å²) in [4.78, 5) is 19.5. The quantitative estimate of drug-likeness (QED) is 0.125.